The first kappa shape index (κ1) is 16.8. The zero-order chi connectivity index (χ0) is 17.3. The van der Waals surface area contributed by atoms with Gasteiger partial charge >= 0.3 is 0 Å². The van der Waals surface area contributed by atoms with Crippen LogP contribution in [0.15, 0.2) is 52.3 Å². The Hall–Kier alpha value is -2.06. The highest BCUT2D eigenvalue weighted by Gasteiger charge is 2.23. The number of fused-ring (bicyclic) bond motifs is 1. The second-order valence-corrected chi connectivity index (χ2v) is 8.22. The van der Waals surface area contributed by atoms with E-state index >= 15 is 0 Å². The Morgan fingerprint density at radius 1 is 1.21 bits per heavy atom. The number of rotatable bonds is 3. The maximum atomic E-state index is 12.9. The molecule has 0 fully saturated rings. The summed E-state index contributed by atoms with van der Waals surface area (Å²) in [5.74, 6) is -0.0994. The standard InChI is InChI=1S/C16H15FN2O3S2/c1-10-9-23-15-7-6-13(8-14(15)18-16(10)20)24(21,22)19-12-4-2-11(17)3-5-12/h2-8,10,19H,9H2,1H3,(H,18,20). The SMILES string of the molecule is CC1CSc2ccc(S(=O)(=O)Nc3ccc(F)cc3)cc2NC1=O. The molecule has 1 amide bonds. The van der Waals surface area contributed by atoms with Crippen molar-refractivity contribution in [2.24, 2.45) is 5.92 Å². The van der Waals surface area contributed by atoms with E-state index in [1.807, 2.05) is 6.92 Å². The number of benzene rings is 2. The number of anilines is 2. The fourth-order valence-electron chi connectivity index (χ4n) is 2.18. The molecule has 2 aromatic rings. The smallest absolute Gasteiger partial charge is 0.261 e. The zero-order valence-electron chi connectivity index (χ0n) is 12.7. The first-order valence-electron chi connectivity index (χ1n) is 7.21. The molecule has 0 aromatic heterocycles. The molecule has 0 radical (unpaired) electrons. The maximum absolute atomic E-state index is 12.9. The predicted octanol–water partition coefficient (Wildman–Crippen LogP) is 3.31. The number of halogens is 1. The van der Waals surface area contributed by atoms with Gasteiger partial charge in [-0.05, 0) is 42.5 Å². The quantitative estimate of drug-likeness (QED) is 0.874. The summed E-state index contributed by atoms with van der Waals surface area (Å²) >= 11 is 1.51. The molecule has 2 N–H and O–H groups in total. The van der Waals surface area contributed by atoms with Crippen molar-refractivity contribution in [2.75, 3.05) is 15.8 Å². The number of carbonyl (C=O) groups excluding carboxylic acids is 1. The fourth-order valence-corrected chi connectivity index (χ4v) is 4.27. The van der Waals surface area contributed by atoms with E-state index in [1.54, 1.807) is 6.07 Å². The van der Waals surface area contributed by atoms with Gasteiger partial charge in [0.25, 0.3) is 10.0 Å². The van der Waals surface area contributed by atoms with Gasteiger partial charge in [0, 0.05) is 22.3 Å². The minimum Gasteiger partial charge on any atom is -0.325 e. The van der Waals surface area contributed by atoms with Crippen LogP contribution in [0, 0.1) is 11.7 Å². The van der Waals surface area contributed by atoms with Crippen LogP contribution in [0.3, 0.4) is 0 Å². The Balaban J connectivity index is 1.90. The topological polar surface area (TPSA) is 75.3 Å². The lowest BCUT2D eigenvalue weighted by molar-refractivity contribution is -0.118. The van der Waals surface area contributed by atoms with E-state index in [2.05, 4.69) is 10.0 Å². The third-order valence-corrected chi connectivity index (χ3v) is 6.26. The molecule has 0 saturated carbocycles. The number of sulfonamides is 1. The van der Waals surface area contributed by atoms with Crippen molar-refractivity contribution in [3.8, 4) is 0 Å². The number of nitrogens with one attached hydrogen (secondary N) is 2. The molecule has 8 heteroatoms. The molecule has 0 saturated heterocycles. The molecule has 1 aliphatic heterocycles. The summed E-state index contributed by atoms with van der Waals surface area (Å²) < 4.78 is 40.3. The summed E-state index contributed by atoms with van der Waals surface area (Å²) in [5.41, 5.74) is 0.745. The van der Waals surface area contributed by atoms with E-state index in [9.17, 15) is 17.6 Å². The molecular weight excluding hydrogens is 351 g/mol. The van der Waals surface area contributed by atoms with E-state index in [1.165, 1.54) is 48.2 Å². The number of thioether (sulfide) groups is 1. The van der Waals surface area contributed by atoms with Crippen molar-refractivity contribution >= 4 is 39.1 Å². The summed E-state index contributed by atoms with van der Waals surface area (Å²) in [7, 11) is -3.84. The van der Waals surface area contributed by atoms with Crippen LogP contribution in [0.2, 0.25) is 0 Å². The Labute approximate surface area is 143 Å². The van der Waals surface area contributed by atoms with Gasteiger partial charge in [-0.3, -0.25) is 9.52 Å². The monoisotopic (exact) mass is 366 g/mol. The normalized spacial score (nSPS) is 17.6. The molecule has 0 bridgehead atoms. The summed E-state index contributed by atoms with van der Waals surface area (Å²) in [6.07, 6.45) is 0. The Kier molecular flexibility index (Phi) is 4.51. The van der Waals surface area contributed by atoms with Gasteiger partial charge in [-0.2, -0.15) is 0 Å². The van der Waals surface area contributed by atoms with Gasteiger partial charge in [0.1, 0.15) is 5.82 Å². The Morgan fingerprint density at radius 3 is 2.62 bits per heavy atom. The second-order valence-electron chi connectivity index (χ2n) is 5.47. The van der Waals surface area contributed by atoms with E-state index in [-0.39, 0.29) is 22.4 Å². The van der Waals surface area contributed by atoms with Crippen LogP contribution in [0.5, 0.6) is 0 Å². The van der Waals surface area contributed by atoms with Crippen molar-refractivity contribution < 1.29 is 17.6 Å². The molecule has 24 heavy (non-hydrogen) atoms. The Morgan fingerprint density at radius 2 is 1.92 bits per heavy atom. The van der Waals surface area contributed by atoms with Crippen molar-refractivity contribution in [3.63, 3.8) is 0 Å². The lowest BCUT2D eigenvalue weighted by Crippen LogP contribution is -2.20. The molecule has 1 atom stereocenters. The van der Waals surface area contributed by atoms with E-state index < -0.39 is 15.8 Å². The largest absolute Gasteiger partial charge is 0.325 e. The third-order valence-electron chi connectivity index (χ3n) is 3.55. The van der Waals surface area contributed by atoms with Crippen molar-refractivity contribution in [3.05, 3.63) is 48.3 Å². The highest BCUT2D eigenvalue weighted by Crippen LogP contribution is 2.34. The number of carbonyl (C=O) groups is 1. The highest BCUT2D eigenvalue weighted by molar-refractivity contribution is 7.99. The average Bonchev–Trinajstić information content (AvgIpc) is 2.68. The summed E-state index contributed by atoms with van der Waals surface area (Å²) in [4.78, 5) is 12.8. The molecule has 0 spiro atoms. The minimum atomic E-state index is -3.84. The van der Waals surface area contributed by atoms with E-state index in [4.69, 9.17) is 0 Å². The summed E-state index contributed by atoms with van der Waals surface area (Å²) in [5, 5.41) is 2.75. The van der Waals surface area contributed by atoms with E-state index in [0.717, 1.165) is 4.90 Å². The minimum absolute atomic E-state index is 0.0287. The molecular formula is C16H15FN2O3S2. The van der Waals surface area contributed by atoms with Crippen LogP contribution in [0.4, 0.5) is 15.8 Å². The number of amides is 1. The molecule has 1 heterocycles. The number of hydrogen-bond donors (Lipinski definition) is 2. The van der Waals surface area contributed by atoms with E-state index in [0.29, 0.717) is 11.4 Å². The van der Waals surface area contributed by atoms with Crippen LogP contribution >= 0.6 is 11.8 Å². The predicted molar refractivity (Wildman–Crippen MR) is 92.2 cm³/mol. The van der Waals surface area contributed by atoms with Crippen LogP contribution in [-0.4, -0.2) is 20.1 Å². The molecule has 126 valence electrons. The van der Waals surface area contributed by atoms with Gasteiger partial charge in [0.15, 0.2) is 0 Å². The lowest BCUT2D eigenvalue weighted by Gasteiger charge is -2.11. The Bertz CT molecular complexity index is 883. The van der Waals surface area contributed by atoms with Crippen molar-refractivity contribution in [2.45, 2.75) is 16.7 Å². The number of hydrogen-bond acceptors (Lipinski definition) is 4. The molecule has 5 nitrogen and oxygen atoms in total. The second kappa shape index (κ2) is 6.45. The molecule has 3 rings (SSSR count). The van der Waals surface area contributed by atoms with Crippen LogP contribution in [-0.2, 0) is 14.8 Å². The fraction of sp³-hybridized carbons (Fsp3) is 0.188. The van der Waals surface area contributed by atoms with Gasteiger partial charge in [-0.15, -0.1) is 11.8 Å². The average molecular weight is 366 g/mol. The molecule has 1 aliphatic rings. The third kappa shape index (κ3) is 3.54. The van der Waals surface area contributed by atoms with Gasteiger partial charge in [-0.25, -0.2) is 12.8 Å². The zero-order valence-corrected chi connectivity index (χ0v) is 14.4. The summed E-state index contributed by atoms with van der Waals surface area (Å²) in [6.45, 7) is 1.82. The first-order valence-corrected chi connectivity index (χ1v) is 9.68. The lowest BCUT2D eigenvalue weighted by atomic mass is 10.2. The van der Waals surface area contributed by atoms with Gasteiger partial charge in [0.2, 0.25) is 5.91 Å². The van der Waals surface area contributed by atoms with Gasteiger partial charge < -0.3 is 5.32 Å². The molecule has 0 aliphatic carbocycles. The maximum Gasteiger partial charge on any atom is 0.261 e. The summed E-state index contributed by atoms with van der Waals surface area (Å²) in [6, 6.07) is 9.63. The van der Waals surface area contributed by atoms with Crippen LogP contribution in [0.1, 0.15) is 6.92 Å². The van der Waals surface area contributed by atoms with Crippen LogP contribution < -0.4 is 10.0 Å². The van der Waals surface area contributed by atoms with Crippen LogP contribution in [0.25, 0.3) is 0 Å². The molecule has 2 aromatic carbocycles. The van der Waals surface area contributed by atoms with Gasteiger partial charge in [-0.1, -0.05) is 6.92 Å². The van der Waals surface area contributed by atoms with Crippen molar-refractivity contribution in [1.82, 2.24) is 0 Å². The first-order chi connectivity index (χ1) is 11.3. The van der Waals surface area contributed by atoms with Gasteiger partial charge in [0.05, 0.1) is 10.6 Å². The highest BCUT2D eigenvalue weighted by atomic mass is 32.2. The van der Waals surface area contributed by atoms with Crippen molar-refractivity contribution in [1.29, 1.82) is 0 Å². The molecule has 1 unspecified atom stereocenters.